The molecule has 7 heteroatoms. The molecule has 0 aliphatic heterocycles. The van der Waals surface area contributed by atoms with E-state index in [9.17, 15) is 9.59 Å². The number of carboxylic acid groups (broad SMARTS) is 1. The molecular weight excluding hydrogens is 310 g/mol. The minimum atomic E-state index is -0.800. The van der Waals surface area contributed by atoms with Gasteiger partial charge in [-0.15, -0.1) is 0 Å². The fraction of sp³-hybridized carbons (Fsp3) is 0.882. The Morgan fingerprint density at radius 1 is 1.29 bits per heavy atom. The molecule has 0 atom stereocenters. The van der Waals surface area contributed by atoms with E-state index in [0.717, 1.165) is 32.2 Å². The van der Waals surface area contributed by atoms with Gasteiger partial charge in [-0.25, -0.2) is 4.79 Å². The molecule has 2 rings (SSSR count). The maximum absolute atomic E-state index is 12.1. The van der Waals surface area contributed by atoms with Crippen molar-refractivity contribution >= 4 is 12.0 Å². The third-order valence-electron chi connectivity index (χ3n) is 5.45. The Kier molecular flexibility index (Phi) is 6.86. The first-order chi connectivity index (χ1) is 11.5. The number of ether oxygens (including phenoxy) is 1. The highest BCUT2D eigenvalue weighted by atomic mass is 16.5. The van der Waals surface area contributed by atoms with Crippen LogP contribution in [0.1, 0.15) is 45.4 Å². The van der Waals surface area contributed by atoms with Crippen LogP contribution in [0.3, 0.4) is 0 Å². The fourth-order valence-electron chi connectivity index (χ4n) is 3.98. The maximum atomic E-state index is 12.1. The Hall–Kier alpha value is -1.34. The lowest BCUT2D eigenvalue weighted by Crippen LogP contribution is -2.57. The number of carbonyl (C=O) groups excluding carboxylic acids is 1. The second kappa shape index (κ2) is 8.67. The molecule has 0 heterocycles. The van der Waals surface area contributed by atoms with E-state index in [1.807, 2.05) is 11.8 Å². The average Bonchev–Trinajstić information content (AvgIpc) is 2.95. The fourth-order valence-corrected chi connectivity index (χ4v) is 3.98. The molecule has 138 valence electrons. The number of rotatable bonds is 9. The highest BCUT2D eigenvalue weighted by molar-refractivity contribution is 5.74. The lowest BCUT2D eigenvalue weighted by atomic mass is 9.85. The number of hydrogen-bond donors (Lipinski definition) is 3. The van der Waals surface area contributed by atoms with Crippen LogP contribution in [-0.4, -0.2) is 67.4 Å². The van der Waals surface area contributed by atoms with Crippen LogP contribution in [-0.2, 0) is 9.53 Å². The number of amides is 2. The molecule has 0 spiro atoms. The second-order valence-electron chi connectivity index (χ2n) is 7.25. The predicted molar refractivity (Wildman–Crippen MR) is 91.0 cm³/mol. The molecule has 24 heavy (non-hydrogen) atoms. The number of carboxylic acids is 1. The molecule has 0 saturated heterocycles. The standard InChI is InChI=1S/C17H31N3O4/c1-3-20(10-15(21)22)14-8-13(9-14)19-16(23)18-11-17(12-24-2)6-4-5-7-17/h13-14H,3-12H2,1-2H3,(H,21,22)(H2,18,19,23). The first-order valence-corrected chi connectivity index (χ1v) is 8.97. The number of methoxy groups -OCH3 is 1. The molecule has 0 bridgehead atoms. The van der Waals surface area contributed by atoms with Crippen molar-refractivity contribution in [3.63, 3.8) is 0 Å². The van der Waals surface area contributed by atoms with E-state index in [-0.39, 0.29) is 30.1 Å². The van der Waals surface area contributed by atoms with E-state index in [1.165, 1.54) is 12.8 Å². The van der Waals surface area contributed by atoms with Crippen LogP contribution in [0.4, 0.5) is 4.79 Å². The third-order valence-corrected chi connectivity index (χ3v) is 5.45. The van der Waals surface area contributed by atoms with Gasteiger partial charge in [0.1, 0.15) is 0 Å². The molecule has 3 N–H and O–H groups in total. The minimum absolute atomic E-state index is 0.0691. The summed E-state index contributed by atoms with van der Waals surface area (Å²) in [5.74, 6) is -0.800. The summed E-state index contributed by atoms with van der Waals surface area (Å²) in [4.78, 5) is 24.9. The quantitative estimate of drug-likeness (QED) is 0.590. The van der Waals surface area contributed by atoms with E-state index >= 15 is 0 Å². The van der Waals surface area contributed by atoms with Gasteiger partial charge in [-0.05, 0) is 32.2 Å². The molecule has 2 fully saturated rings. The second-order valence-corrected chi connectivity index (χ2v) is 7.25. The van der Waals surface area contributed by atoms with Crippen LogP contribution >= 0.6 is 0 Å². The van der Waals surface area contributed by atoms with Gasteiger partial charge in [-0.2, -0.15) is 0 Å². The van der Waals surface area contributed by atoms with E-state index in [2.05, 4.69) is 10.6 Å². The van der Waals surface area contributed by atoms with E-state index < -0.39 is 5.97 Å². The van der Waals surface area contributed by atoms with Crippen molar-refractivity contribution in [2.75, 3.05) is 33.4 Å². The van der Waals surface area contributed by atoms with Crippen LogP contribution < -0.4 is 10.6 Å². The Labute approximate surface area is 144 Å². The van der Waals surface area contributed by atoms with Crippen molar-refractivity contribution < 1.29 is 19.4 Å². The van der Waals surface area contributed by atoms with Crippen LogP contribution in [0.15, 0.2) is 0 Å². The van der Waals surface area contributed by atoms with Gasteiger partial charge in [0.05, 0.1) is 13.2 Å². The van der Waals surface area contributed by atoms with Gasteiger partial charge in [-0.3, -0.25) is 9.69 Å². The average molecular weight is 341 g/mol. The zero-order valence-corrected chi connectivity index (χ0v) is 14.8. The number of aliphatic carboxylic acids is 1. The van der Waals surface area contributed by atoms with Gasteiger partial charge >= 0.3 is 12.0 Å². The number of carbonyl (C=O) groups is 2. The molecule has 7 nitrogen and oxygen atoms in total. The topological polar surface area (TPSA) is 90.9 Å². The zero-order chi connectivity index (χ0) is 17.6. The monoisotopic (exact) mass is 341 g/mol. The van der Waals surface area contributed by atoms with E-state index in [4.69, 9.17) is 9.84 Å². The smallest absolute Gasteiger partial charge is 0.317 e. The molecule has 0 aromatic carbocycles. The molecular formula is C17H31N3O4. The molecule has 0 aromatic rings. The Balaban J connectivity index is 1.68. The van der Waals surface area contributed by atoms with Gasteiger partial charge in [0.25, 0.3) is 0 Å². The van der Waals surface area contributed by atoms with E-state index in [0.29, 0.717) is 13.2 Å². The largest absolute Gasteiger partial charge is 0.480 e. The summed E-state index contributed by atoms with van der Waals surface area (Å²) >= 11 is 0. The SMILES string of the molecule is CCN(CC(=O)O)C1CC(NC(=O)NCC2(COC)CCCC2)C1. The highest BCUT2D eigenvalue weighted by Gasteiger charge is 2.36. The molecule has 2 amide bonds. The summed E-state index contributed by atoms with van der Waals surface area (Å²) in [6, 6.07) is 0.271. The minimum Gasteiger partial charge on any atom is -0.480 e. The summed E-state index contributed by atoms with van der Waals surface area (Å²) in [5.41, 5.74) is 0.0920. The van der Waals surface area contributed by atoms with Crippen LogP contribution in [0.2, 0.25) is 0 Å². The number of nitrogens with one attached hydrogen (secondary N) is 2. The molecule has 0 radical (unpaired) electrons. The van der Waals surface area contributed by atoms with Crippen LogP contribution in [0.25, 0.3) is 0 Å². The predicted octanol–water partition coefficient (Wildman–Crippen LogP) is 1.43. The normalized spacial score (nSPS) is 25.3. The zero-order valence-electron chi connectivity index (χ0n) is 14.8. The van der Waals surface area contributed by atoms with Crippen LogP contribution in [0, 0.1) is 5.41 Å². The summed E-state index contributed by atoms with van der Waals surface area (Å²) in [5, 5.41) is 14.9. The Morgan fingerprint density at radius 2 is 1.96 bits per heavy atom. The molecule has 2 aliphatic rings. The molecule has 0 unspecified atom stereocenters. The van der Waals surface area contributed by atoms with Crippen molar-refractivity contribution in [3.05, 3.63) is 0 Å². The summed E-state index contributed by atoms with van der Waals surface area (Å²) < 4.78 is 5.33. The third kappa shape index (κ3) is 5.08. The first-order valence-electron chi connectivity index (χ1n) is 8.97. The first kappa shape index (κ1) is 19.0. The highest BCUT2D eigenvalue weighted by Crippen LogP contribution is 2.37. The number of nitrogens with zero attached hydrogens (tertiary/aromatic N) is 1. The van der Waals surface area contributed by atoms with Crippen molar-refractivity contribution in [1.29, 1.82) is 0 Å². The van der Waals surface area contributed by atoms with Gasteiger partial charge in [-0.1, -0.05) is 19.8 Å². The van der Waals surface area contributed by atoms with Crippen molar-refractivity contribution in [2.45, 2.75) is 57.5 Å². The van der Waals surface area contributed by atoms with Crippen molar-refractivity contribution in [2.24, 2.45) is 5.41 Å². The van der Waals surface area contributed by atoms with Crippen molar-refractivity contribution in [3.8, 4) is 0 Å². The van der Waals surface area contributed by atoms with Gasteiger partial charge < -0.3 is 20.5 Å². The number of likely N-dealkylation sites (N-methyl/N-ethyl adjacent to an activating group) is 1. The number of hydrogen-bond acceptors (Lipinski definition) is 4. The number of urea groups is 1. The lowest BCUT2D eigenvalue weighted by Gasteiger charge is -2.42. The molecule has 0 aromatic heterocycles. The maximum Gasteiger partial charge on any atom is 0.317 e. The summed E-state index contributed by atoms with van der Waals surface area (Å²) in [6.45, 7) is 4.10. The molecule has 2 aliphatic carbocycles. The van der Waals surface area contributed by atoms with Gasteiger partial charge in [0.15, 0.2) is 0 Å². The van der Waals surface area contributed by atoms with E-state index in [1.54, 1.807) is 7.11 Å². The summed E-state index contributed by atoms with van der Waals surface area (Å²) in [6.07, 6.45) is 6.25. The summed E-state index contributed by atoms with van der Waals surface area (Å²) in [7, 11) is 1.71. The Morgan fingerprint density at radius 3 is 2.50 bits per heavy atom. The molecule has 2 saturated carbocycles. The lowest BCUT2D eigenvalue weighted by molar-refractivity contribution is -0.139. The van der Waals surface area contributed by atoms with Crippen molar-refractivity contribution in [1.82, 2.24) is 15.5 Å². The van der Waals surface area contributed by atoms with Gasteiger partial charge in [0, 0.05) is 31.2 Å². The Bertz CT molecular complexity index is 432. The van der Waals surface area contributed by atoms with Gasteiger partial charge in [0.2, 0.25) is 0 Å². The van der Waals surface area contributed by atoms with Crippen LogP contribution in [0.5, 0.6) is 0 Å².